The Hall–Kier alpha value is -2.60. The van der Waals surface area contributed by atoms with E-state index in [1.165, 1.54) is 12.2 Å². The molecule has 4 heterocycles. The van der Waals surface area contributed by atoms with Gasteiger partial charge in [0.15, 0.2) is 0 Å². The number of carbonyl (C=O) groups is 4. The highest BCUT2D eigenvalue weighted by Crippen LogP contribution is 2.43. The average Bonchev–Trinajstić information content (AvgIpc) is 3.57. The lowest BCUT2D eigenvalue weighted by molar-refractivity contribution is -0.200. The molecule has 1 spiro atoms. The zero-order chi connectivity index (χ0) is 29.7. The summed E-state index contributed by atoms with van der Waals surface area (Å²) < 4.78 is 18.2. The Morgan fingerprint density at radius 3 is 2.51 bits per heavy atom. The molecule has 11 nitrogen and oxygen atoms in total. The molecule has 0 aliphatic carbocycles. The van der Waals surface area contributed by atoms with Crippen LogP contribution in [0.2, 0.25) is 0 Å². The fraction of sp³-hybridized carbons (Fsp3) is 0.733. The molecule has 9 atom stereocenters. The molecule has 4 aliphatic heterocycles. The summed E-state index contributed by atoms with van der Waals surface area (Å²) in [4.78, 5) is 53.1. The number of ether oxygens (including phenoxy) is 3. The highest BCUT2D eigenvalue weighted by molar-refractivity contribution is 6.01. The summed E-state index contributed by atoms with van der Waals surface area (Å²) in [6.45, 7) is 8.50. The molecule has 3 amide bonds. The summed E-state index contributed by atoms with van der Waals surface area (Å²) >= 11 is 0. The van der Waals surface area contributed by atoms with Crippen LogP contribution in [0.25, 0.3) is 0 Å². The van der Waals surface area contributed by atoms with Gasteiger partial charge >= 0.3 is 5.97 Å². The zero-order valence-corrected chi connectivity index (χ0v) is 24.5. The summed E-state index contributed by atoms with van der Waals surface area (Å²) in [6, 6.07) is -0.0771. The maximum Gasteiger partial charge on any atom is 0.335 e. The number of aliphatic hydroxyl groups excluding tert-OH is 1. The van der Waals surface area contributed by atoms with E-state index in [1.807, 2.05) is 13.0 Å². The van der Waals surface area contributed by atoms with Crippen molar-refractivity contribution < 1.29 is 43.3 Å². The molecule has 0 aromatic rings. The van der Waals surface area contributed by atoms with E-state index >= 15 is 0 Å². The molecule has 4 fully saturated rings. The third-order valence-corrected chi connectivity index (χ3v) is 8.32. The predicted octanol–water partition coefficient (Wildman–Crippen LogP) is 2.51. The first-order valence-corrected chi connectivity index (χ1v) is 14.8. The van der Waals surface area contributed by atoms with E-state index in [4.69, 9.17) is 19.0 Å². The Morgan fingerprint density at radius 2 is 1.85 bits per heavy atom. The quantitative estimate of drug-likeness (QED) is 0.164. The summed E-state index contributed by atoms with van der Waals surface area (Å²) in [7, 11) is 0. The molecule has 11 heteroatoms. The average molecular weight is 577 g/mol. The van der Waals surface area contributed by atoms with Crippen LogP contribution in [0.3, 0.4) is 0 Å². The first-order chi connectivity index (χ1) is 19.4. The van der Waals surface area contributed by atoms with Gasteiger partial charge in [-0.1, -0.05) is 32.1 Å². The largest absolute Gasteiger partial charge is 0.389 e. The Labute approximate surface area is 241 Å². The standard InChI is InChI=1S/C30H44N2O9/c1-18(6-9-25-19(2)13-24(21(4)39-25)31-26(34)10-7-20(3)33)5-8-22-15-30(17-38-30)16-23(40-22)14-29(37)41-32-27(35)11-12-28(32)36/h5,7-8,10,18-25,33H,6,9,11-17H2,1-4H3,(H,31,34)/b8-5+,10-7-/t18?,19-,20-,21+,22+,23+,24+,25-,30?/m0/s1. The van der Waals surface area contributed by atoms with Crippen molar-refractivity contribution >= 4 is 23.7 Å². The van der Waals surface area contributed by atoms with E-state index in [0.29, 0.717) is 24.5 Å². The van der Waals surface area contributed by atoms with Crippen LogP contribution in [0.5, 0.6) is 0 Å². The number of hydroxylamine groups is 2. The van der Waals surface area contributed by atoms with Gasteiger partial charge in [-0.3, -0.25) is 14.4 Å². The molecule has 4 aliphatic rings. The van der Waals surface area contributed by atoms with E-state index < -0.39 is 30.0 Å². The Bertz CT molecular complexity index is 1020. The van der Waals surface area contributed by atoms with Gasteiger partial charge in [0.1, 0.15) is 0 Å². The monoisotopic (exact) mass is 576 g/mol. The third kappa shape index (κ3) is 8.94. The molecule has 0 aromatic heterocycles. The van der Waals surface area contributed by atoms with Gasteiger partial charge in [-0.2, -0.15) is 0 Å². The van der Waals surface area contributed by atoms with Gasteiger partial charge in [-0.25, -0.2) is 4.79 Å². The van der Waals surface area contributed by atoms with Crippen molar-refractivity contribution in [2.45, 2.75) is 121 Å². The second kappa shape index (κ2) is 13.6. The number of epoxide rings is 1. The molecular formula is C30H44N2O9. The van der Waals surface area contributed by atoms with Crippen LogP contribution >= 0.6 is 0 Å². The number of hydrogen-bond acceptors (Lipinski definition) is 9. The van der Waals surface area contributed by atoms with Gasteiger partial charge in [-0.05, 0) is 44.9 Å². The summed E-state index contributed by atoms with van der Waals surface area (Å²) in [5.74, 6) is -1.33. The van der Waals surface area contributed by atoms with Crippen LogP contribution < -0.4 is 5.32 Å². The first-order valence-electron chi connectivity index (χ1n) is 14.8. The highest BCUT2D eigenvalue weighted by Gasteiger charge is 2.51. The van der Waals surface area contributed by atoms with Crippen LogP contribution in [0.15, 0.2) is 24.3 Å². The molecule has 4 saturated heterocycles. The number of nitrogens with one attached hydrogen (secondary N) is 1. The molecule has 228 valence electrons. The van der Waals surface area contributed by atoms with Gasteiger partial charge in [0.2, 0.25) is 5.91 Å². The van der Waals surface area contributed by atoms with Gasteiger partial charge in [0.25, 0.3) is 11.8 Å². The van der Waals surface area contributed by atoms with E-state index in [-0.39, 0.29) is 67.0 Å². The topological polar surface area (TPSA) is 144 Å². The maximum absolute atomic E-state index is 12.4. The molecule has 0 aromatic carbocycles. The maximum atomic E-state index is 12.4. The molecule has 41 heavy (non-hydrogen) atoms. The van der Waals surface area contributed by atoms with Crippen molar-refractivity contribution in [3.63, 3.8) is 0 Å². The predicted molar refractivity (Wildman–Crippen MR) is 147 cm³/mol. The van der Waals surface area contributed by atoms with Gasteiger partial charge < -0.3 is 29.5 Å². The van der Waals surface area contributed by atoms with Crippen molar-refractivity contribution in [1.29, 1.82) is 0 Å². The number of imide groups is 1. The number of hydrogen-bond donors (Lipinski definition) is 2. The van der Waals surface area contributed by atoms with Gasteiger partial charge in [0, 0.05) is 31.8 Å². The Kier molecular flexibility index (Phi) is 10.4. The number of carbonyl (C=O) groups excluding carboxylic acids is 4. The van der Waals surface area contributed by atoms with Crippen LogP contribution in [0.1, 0.15) is 79.1 Å². The minimum atomic E-state index is -0.668. The lowest BCUT2D eigenvalue weighted by Crippen LogP contribution is -2.50. The normalized spacial score (nSPS) is 35.3. The molecule has 2 N–H and O–H groups in total. The van der Waals surface area contributed by atoms with Crippen LogP contribution in [-0.2, 0) is 38.2 Å². The van der Waals surface area contributed by atoms with Crippen molar-refractivity contribution in [2.75, 3.05) is 6.61 Å². The molecular weight excluding hydrogens is 532 g/mol. The van der Waals surface area contributed by atoms with Crippen molar-refractivity contribution in [1.82, 2.24) is 10.4 Å². The van der Waals surface area contributed by atoms with Crippen molar-refractivity contribution in [2.24, 2.45) is 11.8 Å². The minimum absolute atomic E-state index is 0.0565. The number of amides is 3. The van der Waals surface area contributed by atoms with Gasteiger partial charge in [-0.15, -0.1) is 5.06 Å². The number of aliphatic hydroxyl groups is 1. The first kappa shape index (κ1) is 31.3. The minimum Gasteiger partial charge on any atom is -0.389 e. The molecule has 0 saturated carbocycles. The fourth-order valence-electron chi connectivity index (χ4n) is 5.83. The van der Waals surface area contributed by atoms with Crippen LogP contribution in [0, 0.1) is 11.8 Å². The van der Waals surface area contributed by atoms with E-state index in [9.17, 15) is 24.3 Å². The lowest BCUT2D eigenvalue weighted by Gasteiger charge is -2.39. The van der Waals surface area contributed by atoms with Crippen LogP contribution in [-0.4, -0.2) is 82.6 Å². The summed E-state index contributed by atoms with van der Waals surface area (Å²) in [5.41, 5.74) is -0.291. The Morgan fingerprint density at radius 1 is 1.15 bits per heavy atom. The van der Waals surface area contributed by atoms with Gasteiger partial charge in [0.05, 0.1) is 55.2 Å². The van der Waals surface area contributed by atoms with E-state index in [1.54, 1.807) is 6.92 Å². The molecule has 2 unspecified atom stereocenters. The molecule has 4 rings (SSSR count). The smallest absolute Gasteiger partial charge is 0.335 e. The third-order valence-electron chi connectivity index (χ3n) is 8.32. The molecule has 0 radical (unpaired) electrons. The second-order valence-corrected chi connectivity index (χ2v) is 12.2. The number of nitrogens with zero attached hydrogens (tertiary/aromatic N) is 1. The van der Waals surface area contributed by atoms with Crippen molar-refractivity contribution in [3.05, 3.63) is 24.3 Å². The van der Waals surface area contributed by atoms with E-state index in [0.717, 1.165) is 19.3 Å². The fourth-order valence-corrected chi connectivity index (χ4v) is 5.83. The number of rotatable bonds is 11. The van der Waals surface area contributed by atoms with E-state index in [2.05, 4.69) is 25.2 Å². The molecule has 0 bridgehead atoms. The lowest BCUT2D eigenvalue weighted by atomic mass is 9.86. The SMILES string of the molecule is CC(/C=C/[C@@H]1CC2(CO2)C[C@@H](CC(=O)ON2C(=O)CCC2=O)O1)CC[C@@H]1O[C@H](C)[C@H](NC(=O)/C=C\[C@H](C)O)C[C@@H]1C. The second-order valence-electron chi connectivity index (χ2n) is 12.2. The number of allylic oxidation sites excluding steroid dienone is 1. The zero-order valence-electron chi connectivity index (χ0n) is 24.5. The summed E-state index contributed by atoms with van der Waals surface area (Å²) in [5, 5.41) is 12.9. The summed E-state index contributed by atoms with van der Waals surface area (Å²) in [6.07, 6.45) is 9.65. The van der Waals surface area contributed by atoms with Crippen LogP contribution in [0.4, 0.5) is 0 Å². The highest BCUT2D eigenvalue weighted by atomic mass is 16.7. The van der Waals surface area contributed by atoms with Crippen molar-refractivity contribution in [3.8, 4) is 0 Å². The Balaban J connectivity index is 1.21.